The molecule has 0 bridgehead atoms. The molecule has 3 aromatic carbocycles. The maximum Gasteiger partial charge on any atom is 0.408 e. The van der Waals surface area contributed by atoms with Gasteiger partial charge >= 0.3 is 6.09 Å². The van der Waals surface area contributed by atoms with Gasteiger partial charge in [-0.2, -0.15) is 0 Å². The number of hydrogen-bond acceptors (Lipinski definition) is 4. The van der Waals surface area contributed by atoms with Gasteiger partial charge in [0.2, 0.25) is 5.91 Å². The van der Waals surface area contributed by atoms with Crippen molar-refractivity contribution in [2.24, 2.45) is 0 Å². The van der Waals surface area contributed by atoms with Crippen LogP contribution in [0, 0.1) is 6.92 Å². The zero-order valence-electron chi connectivity index (χ0n) is 23.3. The summed E-state index contributed by atoms with van der Waals surface area (Å²) in [7, 11) is 0. The highest BCUT2D eigenvalue weighted by Crippen LogP contribution is 2.37. The quantitative estimate of drug-likeness (QED) is 0.314. The molecular weight excluding hydrogens is 526 g/mol. The Bertz CT molecular complexity index is 1320. The molecule has 0 aliphatic heterocycles. The Morgan fingerprint density at radius 2 is 1.57 bits per heavy atom. The van der Waals surface area contributed by atoms with Gasteiger partial charge in [-0.25, -0.2) is 4.79 Å². The van der Waals surface area contributed by atoms with E-state index in [-0.39, 0.29) is 24.3 Å². The summed E-state index contributed by atoms with van der Waals surface area (Å²) in [6.45, 7) is 7.17. The summed E-state index contributed by atoms with van der Waals surface area (Å²) in [6, 6.07) is 22.0. The number of rotatable bonds is 9. The number of benzene rings is 3. The molecule has 2 unspecified atom stereocenters. The number of alkyl carbamates (subject to hydrolysis) is 1. The number of amides is 3. The number of halogens is 1. The van der Waals surface area contributed by atoms with Crippen molar-refractivity contribution >= 4 is 35.2 Å². The number of para-hydroxylation sites is 1. The first-order valence-electron chi connectivity index (χ1n) is 13.5. The number of carbonyl (C=O) groups excluding carboxylic acids is 3. The Kier molecular flexibility index (Phi) is 9.15. The molecule has 2 atom stereocenters. The summed E-state index contributed by atoms with van der Waals surface area (Å²) >= 11 is 6.44. The van der Waals surface area contributed by atoms with Crippen LogP contribution in [0.15, 0.2) is 78.9 Å². The van der Waals surface area contributed by atoms with E-state index in [1.807, 2.05) is 79.7 Å². The maximum absolute atomic E-state index is 14.4. The highest BCUT2D eigenvalue weighted by Gasteiger charge is 2.44. The van der Waals surface area contributed by atoms with Crippen molar-refractivity contribution in [3.63, 3.8) is 0 Å². The molecule has 3 aromatic rings. The smallest absolute Gasteiger partial charge is 0.408 e. The molecule has 1 aliphatic rings. The topological polar surface area (TPSA) is 87.7 Å². The van der Waals surface area contributed by atoms with Crippen LogP contribution in [-0.2, 0) is 20.7 Å². The molecule has 7 nitrogen and oxygen atoms in total. The van der Waals surface area contributed by atoms with Crippen molar-refractivity contribution in [1.82, 2.24) is 10.2 Å². The fourth-order valence-electron chi connectivity index (χ4n) is 4.61. The number of nitrogens with one attached hydrogen (secondary N) is 2. The van der Waals surface area contributed by atoms with Crippen LogP contribution in [0.4, 0.5) is 10.5 Å². The van der Waals surface area contributed by atoms with Crippen molar-refractivity contribution < 1.29 is 19.1 Å². The van der Waals surface area contributed by atoms with E-state index in [1.165, 1.54) is 0 Å². The van der Waals surface area contributed by atoms with Crippen LogP contribution in [0.2, 0.25) is 5.02 Å². The molecule has 0 aromatic heterocycles. The third kappa shape index (κ3) is 7.63. The highest BCUT2D eigenvalue weighted by molar-refractivity contribution is 6.34. The number of carbonyl (C=O) groups is 3. The number of hydrogen-bond donors (Lipinski definition) is 2. The first kappa shape index (κ1) is 29.2. The van der Waals surface area contributed by atoms with Gasteiger partial charge in [-0.05, 0) is 63.3 Å². The summed E-state index contributed by atoms with van der Waals surface area (Å²) in [5.41, 5.74) is 2.12. The first-order valence-corrected chi connectivity index (χ1v) is 13.9. The molecule has 0 radical (unpaired) electrons. The third-order valence-electron chi connectivity index (χ3n) is 6.58. The van der Waals surface area contributed by atoms with Gasteiger partial charge in [-0.15, -0.1) is 0 Å². The number of anilines is 1. The van der Waals surface area contributed by atoms with Crippen LogP contribution in [0.3, 0.4) is 0 Å². The van der Waals surface area contributed by atoms with Crippen LogP contribution in [0.25, 0.3) is 0 Å². The first-order chi connectivity index (χ1) is 19.0. The molecule has 40 heavy (non-hydrogen) atoms. The number of nitrogens with zero attached hydrogens (tertiary/aromatic N) is 1. The summed E-state index contributed by atoms with van der Waals surface area (Å²) in [4.78, 5) is 42.9. The lowest BCUT2D eigenvalue weighted by molar-refractivity contribution is -0.141. The highest BCUT2D eigenvalue weighted by atomic mass is 35.5. The zero-order chi connectivity index (χ0) is 28.9. The largest absolute Gasteiger partial charge is 0.444 e. The third-order valence-corrected chi connectivity index (χ3v) is 6.89. The van der Waals surface area contributed by atoms with E-state index in [1.54, 1.807) is 31.7 Å². The molecule has 210 valence electrons. The summed E-state index contributed by atoms with van der Waals surface area (Å²) < 4.78 is 5.50. The molecule has 3 amide bonds. The lowest BCUT2D eigenvalue weighted by atomic mass is 10.00. The Balaban J connectivity index is 1.71. The minimum absolute atomic E-state index is 0.144. The van der Waals surface area contributed by atoms with Gasteiger partial charge in [-0.1, -0.05) is 84.4 Å². The predicted octanol–water partition coefficient (Wildman–Crippen LogP) is 6.46. The van der Waals surface area contributed by atoms with Crippen molar-refractivity contribution in [1.29, 1.82) is 0 Å². The molecule has 4 rings (SSSR count). The van der Waals surface area contributed by atoms with E-state index >= 15 is 0 Å². The van der Waals surface area contributed by atoms with Gasteiger partial charge in [-0.3, -0.25) is 9.59 Å². The van der Waals surface area contributed by atoms with Gasteiger partial charge in [0.05, 0.1) is 10.7 Å². The Labute approximate surface area is 240 Å². The minimum Gasteiger partial charge on any atom is -0.444 e. The van der Waals surface area contributed by atoms with E-state index in [4.69, 9.17) is 16.3 Å². The fraction of sp³-hybridized carbons (Fsp3) is 0.344. The van der Waals surface area contributed by atoms with Crippen molar-refractivity contribution in [3.05, 3.63) is 101 Å². The van der Waals surface area contributed by atoms with Gasteiger partial charge in [0, 0.05) is 12.5 Å². The molecule has 0 heterocycles. The van der Waals surface area contributed by atoms with Crippen LogP contribution >= 0.6 is 11.6 Å². The number of ether oxygens (including phenoxy) is 1. The fourth-order valence-corrected chi connectivity index (χ4v) is 4.87. The van der Waals surface area contributed by atoms with Crippen molar-refractivity contribution in [2.45, 2.75) is 70.7 Å². The van der Waals surface area contributed by atoms with E-state index < -0.39 is 23.8 Å². The molecule has 0 spiro atoms. The lowest BCUT2D eigenvalue weighted by Gasteiger charge is -2.35. The standard InChI is InChI=1S/C32H36ClN3O4/c1-21-12-11-17-25(33)27(21)35-29(37)28(23-15-9-6-10-16-23)36(24-18-19-24)30(38)26(20-22-13-7-5-8-14-22)34-31(39)40-32(2,3)4/h5-17,24,26,28H,18-20H2,1-4H3,(H,34,39)(H,35,37). The van der Waals surface area contributed by atoms with E-state index in [9.17, 15) is 14.4 Å². The van der Waals surface area contributed by atoms with Gasteiger partial charge < -0.3 is 20.3 Å². The molecular formula is C32H36ClN3O4. The molecule has 0 saturated heterocycles. The second-order valence-corrected chi connectivity index (χ2v) is 11.5. The second kappa shape index (κ2) is 12.6. The molecule has 1 saturated carbocycles. The SMILES string of the molecule is Cc1cccc(Cl)c1NC(=O)C(c1ccccc1)N(C(=O)C(Cc1ccccc1)NC(=O)OC(C)(C)C)C1CC1. The lowest BCUT2D eigenvalue weighted by Crippen LogP contribution is -2.54. The van der Waals surface area contributed by atoms with Gasteiger partial charge in [0.25, 0.3) is 5.91 Å². The van der Waals surface area contributed by atoms with E-state index in [0.29, 0.717) is 16.3 Å². The van der Waals surface area contributed by atoms with Crippen LogP contribution in [0.1, 0.15) is 56.3 Å². The predicted molar refractivity (Wildman–Crippen MR) is 157 cm³/mol. The van der Waals surface area contributed by atoms with Crippen molar-refractivity contribution in [3.8, 4) is 0 Å². The van der Waals surface area contributed by atoms with Gasteiger partial charge in [0.15, 0.2) is 0 Å². The summed E-state index contributed by atoms with van der Waals surface area (Å²) in [6.07, 6.45) is 1.08. The Morgan fingerprint density at radius 3 is 2.15 bits per heavy atom. The average Bonchev–Trinajstić information content (AvgIpc) is 3.74. The van der Waals surface area contributed by atoms with Crippen LogP contribution < -0.4 is 10.6 Å². The Hall–Kier alpha value is -3.84. The Morgan fingerprint density at radius 1 is 0.950 bits per heavy atom. The van der Waals surface area contributed by atoms with Crippen LogP contribution in [-0.4, -0.2) is 40.5 Å². The molecule has 1 aliphatic carbocycles. The zero-order valence-corrected chi connectivity index (χ0v) is 24.1. The minimum atomic E-state index is -0.945. The van der Waals surface area contributed by atoms with Crippen LogP contribution in [0.5, 0.6) is 0 Å². The molecule has 8 heteroatoms. The molecule has 1 fully saturated rings. The second-order valence-electron chi connectivity index (χ2n) is 11.1. The van der Waals surface area contributed by atoms with Crippen molar-refractivity contribution in [2.75, 3.05) is 5.32 Å². The normalized spacial score (nSPS) is 14.5. The van der Waals surface area contributed by atoms with E-state index in [2.05, 4.69) is 10.6 Å². The monoisotopic (exact) mass is 561 g/mol. The molecule has 2 N–H and O–H groups in total. The summed E-state index contributed by atoms with van der Waals surface area (Å²) in [5.74, 6) is -0.726. The average molecular weight is 562 g/mol. The number of aryl methyl sites for hydroxylation is 1. The van der Waals surface area contributed by atoms with Gasteiger partial charge in [0.1, 0.15) is 17.7 Å². The summed E-state index contributed by atoms with van der Waals surface area (Å²) in [5, 5.41) is 6.19. The maximum atomic E-state index is 14.4. The van der Waals surface area contributed by atoms with E-state index in [0.717, 1.165) is 24.0 Å².